The standard InChI is InChI=1S/C29H28N4O4/c1-3-36-29(35)25-26(34)24(17-21-18-31-27-22(21)9-6-12-30-27)37-28(25)32-23-11-10-20(16-19(23)2)8-7-15-33-13-4-5-14-33/h6,9-12,16-18,32H,3-5,13-15H2,1-2H3,(H,30,31)/b24-17-. The number of nitrogens with zero attached hydrogens (tertiary/aromatic N) is 2. The molecule has 0 aliphatic carbocycles. The fraction of sp³-hybridized carbons (Fsp3) is 0.276. The summed E-state index contributed by atoms with van der Waals surface area (Å²) in [7, 11) is 0. The predicted octanol–water partition coefficient (Wildman–Crippen LogP) is 4.15. The van der Waals surface area contributed by atoms with Gasteiger partial charge in [-0.25, -0.2) is 9.78 Å². The second kappa shape index (κ2) is 10.7. The zero-order valence-electron chi connectivity index (χ0n) is 20.9. The highest BCUT2D eigenvalue weighted by molar-refractivity contribution is 6.26. The van der Waals surface area contributed by atoms with Gasteiger partial charge in [-0.3, -0.25) is 9.69 Å². The lowest BCUT2D eigenvalue weighted by atomic mass is 10.1. The second-order valence-electron chi connectivity index (χ2n) is 8.95. The van der Waals surface area contributed by atoms with Gasteiger partial charge in [-0.15, -0.1) is 0 Å². The first-order valence-electron chi connectivity index (χ1n) is 12.4. The van der Waals surface area contributed by atoms with Crippen LogP contribution in [0.5, 0.6) is 0 Å². The zero-order chi connectivity index (χ0) is 25.8. The van der Waals surface area contributed by atoms with Crippen molar-refractivity contribution in [2.45, 2.75) is 26.7 Å². The Morgan fingerprint density at radius 3 is 2.92 bits per heavy atom. The third-order valence-electron chi connectivity index (χ3n) is 6.35. The Bertz CT molecular complexity index is 1480. The molecular weight excluding hydrogens is 468 g/mol. The van der Waals surface area contributed by atoms with Crippen LogP contribution in [0, 0.1) is 18.8 Å². The summed E-state index contributed by atoms with van der Waals surface area (Å²) in [6.07, 6.45) is 7.51. The first kappa shape index (κ1) is 24.3. The topological polar surface area (TPSA) is 96.6 Å². The van der Waals surface area contributed by atoms with Gasteiger partial charge in [-0.05, 0) is 81.7 Å². The minimum absolute atomic E-state index is 0.0253. The molecule has 4 heterocycles. The van der Waals surface area contributed by atoms with E-state index < -0.39 is 11.8 Å². The maximum Gasteiger partial charge on any atom is 0.347 e. The molecule has 0 amide bonds. The molecule has 5 rings (SSSR count). The van der Waals surface area contributed by atoms with Gasteiger partial charge in [0.15, 0.2) is 11.3 Å². The lowest BCUT2D eigenvalue weighted by molar-refractivity contribution is -0.139. The summed E-state index contributed by atoms with van der Waals surface area (Å²) in [4.78, 5) is 35.6. The number of nitrogens with one attached hydrogen (secondary N) is 2. The summed E-state index contributed by atoms with van der Waals surface area (Å²) >= 11 is 0. The molecule has 2 aliphatic heterocycles. The number of esters is 1. The molecule has 0 radical (unpaired) electrons. The minimum atomic E-state index is -0.735. The fourth-order valence-corrected chi connectivity index (χ4v) is 4.44. The number of likely N-dealkylation sites (tertiary alicyclic amines) is 1. The highest BCUT2D eigenvalue weighted by Gasteiger charge is 2.37. The van der Waals surface area contributed by atoms with E-state index in [1.54, 1.807) is 25.4 Å². The van der Waals surface area contributed by atoms with Crippen LogP contribution >= 0.6 is 0 Å². The van der Waals surface area contributed by atoms with Gasteiger partial charge in [0.1, 0.15) is 5.65 Å². The third-order valence-corrected chi connectivity index (χ3v) is 6.35. The van der Waals surface area contributed by atoms with E-state index in [9.17, 15) is 9.59 Å². The molecule has 1 saturated heterocycles. The average molecular weight is 497 g/mol. The van der Waals surface area contributed by atoms with Crippen molar-refractivity contribution in [1.82, 2.24) is 14.9 Å². The van der Waals surface area contributed by atoms with Gasteiger partial charge in [0.05, 0.1) is 13.2 Å². The van der Waals surface area contributed by atoms with Crippen molar-refractivity contribution in [2.75, 3.05) is 31.6 Å². The van der Waals surface area contributed by atoms with E-state index in [4.69, 9.17) is 9.47 Å². The van der Waals surface area contributed by atoms with Gasteiger partial charge in [-0.1, -0.05) is 11.8 Å². The summed E-state index contributed by atoms with van der Waals surface area (Å²) < 4.78 is 11.0. The maximum absolute atomic E-state index is 13.2. The number of ether oxygens (including phenoxy) is 2. The number of allylic oxidation sites excluding steroid dienone is 1. The Morgan fingerprint density at radius 1 is 1.30 bits per heavy atom. The smallest absolute Gasteiger partial charge is 0.347 e. The Hall–Kier alpha value is -4.35. The van der Waals surface area contributed by atoms with Crippen LogP contribution in [0.4, 0.5) is 5.69 Å². The molecule has 0 saturated carbocycles. The van der Waals surface area contributed by atoms with Crippen LogP contribution in [0.25, 0.3) is 17.1 Å². The first-order chi connectivity index (χ1) is 18.0. The molecule has 0 bridgehead atoms. The number of anilines is 1. The van der Waals surface area contributed by atoms with Gasteiger partial charge in [0, 0.05) is 34.6 Å². The van der Waals surface area contributed by atoms with Crippen molar-refractivity contribution >= 4 is 34.5 Å². The second-order valence-corrected chi connectivity index (χ2v) is 8.95. The van der Waals surface area contributed by atoms with Gasteiger partial charge >= 0.3 is 5.97 Å². The predicted molar refractivity (Wildman–Crippen MR) is 141 cm³/mol. The van der Waals surface area contributed by atoms with Crippen LogP contribution in [-0.4, -0.2) is 52.9 Å². The van der Waals surface area contributed by atoms with Gasteiger partial charge in [-0.2, -0.15) is 0 Å². The molecule has 8 heteroatoms. The number of rotatable bonds is 6. The van der Waals surface area contributed by atoms with Crippen LogP contribution in [0.15, 0.2) is 59.9 Å². The molecule has 2 aromatic heterocycles. The van der Waals surface area contributed by atoms with Gasteiger partial charge in [0.25, 0.3) is 0 Å². The number of carbonyl (C=O) groups is 2. The molecule has 1 fully saturated rings. The van der Waals surface area contributed by atoms with E-state index in [2.05, 4.69) is 32.0 Å². The van der Waals surface area contributed by atoms with Crippen LogP contribution in [0.2, 0.25) is 0 Å². The largest absolute Gasteiger partial charge is 0.462 e. The van der Waals surface area contributed by atoms with Gasteiger partial charge in [0.2, 0.25) is 11.7 Å². The number of Topliss-reactive ketones (excluding diaryl/α,β-unsaturated/α-hetero) is 1. The Morgan fingerprint density at radius 2 is 2.14 bits per heavy atom. The molecule has 0 unspecified atom stereocenters. The zero-order valence-corrected chi connectivity index (χ0v) is 20.9. The SMILES string of the molecule is CCOC(=O)C1=C(Nc2ccc(C#CCN3CCCC3)cc2C)O/C(=C\c2c[nH]c3ncccc23)C1=O. The fourth-order valence-electron chi connectivity index (χ4n) is 4.44. The highest BCUT2D eigenvalue weighted by atomic mass is 16.5. The van der Waals surface area contributed by atoms with Crippen molar-refractivity contribution in [2.24, 2.45) is 0 Å². The van der Waals surface area contributed by atoms with Crippen LogP contribution in [0.1, 0.15) is 36.5 Å². The lowest BCUT2D eigenvalue weighted by Gasteiger charge is -2.12. The van der Waals surface area contributed by atoms with Crippen molar-refractivity contribution in [1.29, 1.82) is 0 Å². The summed E-state index contributed by atoms with van der Waals surface area (Å²) in [5, 5.41) is 3.96. The lowest BCUT2D eigenvalue weighted by Crippen LogP contribution is -2.18. The van der Waals surface area contributed by atoms with Crippen molar-refractivity contribution in [3.63, 3.8) is 0 Å². The number of carbonyl (C=O) groups excluding carboxylic acids is 2. The molecular formula is C29H28N4O4. The summed E-state index contributed by atoms with van der Waals surface area (Å²) in [5.74, 6) is 5.26. The molecule has 1 aromatic carbocycles. The number of hydrogen-bond donors (Lipinski definition) is 2. The average Bonchev–Trinajstić information content (AvgIpc) is 3.62. The molecule has 0 atom stereocenters. The van der Waals surface area contributed by atoms with E-state index in [-0.39, 0.29) is 23.8 Å². The third kappa shape index (κ3) is 5.27. The summed E-state index contributed by atoms with van der Waals surface area (Å²) in [6.45, 7) is 6.76. The molecule has 3 aromatic rings. The summed E-state index contributed by atoms with van der Waals surface area (Å²) in [5.41, 5.74) is 3.76. The van der Waals surface area contributed by atoms with Crippen LogP contribution < -0.4 is 5.32 Å². The molecule has 2 aliphatic rings. The molecule has 2 N–H and O–H groups in total. The van der Waals surface area contributed by atoms with Crippen molar-refractivity contribution in [3.05, 3.63) is 76.6 Å². The molecule has 0 spiro atoms. The number of H-pyrrole nitrogens is 1. The Kier molecular flexibility index (Phi) is 7.06. The molecule has 188 valence electrons. The minimum Gasteiger partial charge on any atom is -0.462 e. The number of ketones is 1. The van der Waals surface area contributed by atoms with Crippen molar-refractivity contribution < 1.29 is 19.1 Å². The van der Waals surface area contributed by atoms with E-state index in [1.165, 1.54) is 12.8 Å². The van der Waals surface area contributed by atoms with E-state index in [1.807, 2.05) is 37.3 Å². The number of pyridine rings is 1. The molecule has 37 heavy (non-hydrogen) atoms. The number of aromatic nitrogens is 2. The number of fused-ring (bicyclic) bond motifs is 1. The number of aryl methyl sites for hydroxylation is 1. The van der Waals surface area contributed by atoms with Gasteiger partial charge < -0.3 is 19.8 Å². The maximum atomic E-state index is 13.2. The van der Waals surface area contributed by atoms with Crippen molar-refractivity contribution in [3.8, 4) is 11.8 Å². The Balaban J connectivity index is 1.39. The van der Waals surface area contributed by atoms with E-state index >= 15 is 0 Å². The number of benzene rings is 1. The molecule has 8 nitrogen and oxygen atoms in total. The first-order valence-corrected chi connectivity index (χ1v) is 12.4. The van der Waals surface area contributed by atoms with Crippen LogP contribution in [0.3, 0.4) is 0 Å². The number of hydrogen-bond acceptors (Lipinski definition) is 7. The normalized spacial score (nSPS) is 16.7. The number of aromatic amines is 1. The van der Waals surface area contributed by atoms with Crippen LogP contribution in [-0.2, 0) is 19.1 Å². The monoisotopic (exact) mass is 496 g/mol. The highest BCUT2D eigenvalue weighted by Crippen LogP contribution is 2.31. The summed E-state index contributed by atoms with van der Waals surface area (Å²) in [6, 6.07) is 9.45. The van der Waals surface area contributed by atoms with E-state index in [0.29, 0.717) is 11.3 Å². The van der Waals surface area contributed by atoms with E-state index in [0.717, 1.165) is 41.7 Å². The Labute approximate surface area is 215 Å². The quantitative estimate of drug-likeness (QED) is 0.229.